The van der Waals surface area contributed by atoms with Gasteiger partial charge in [-0.3, -0.25) is 0 Å². The maximum absolute atomic E-state index is 6.02. The van der Waals surface area contributed by atoms with E-state index in [1.165, 1.54) is 6.20 Å². The van der Waals surface area contributed by atoms with E-state index in [9.17, 15) is 0 Å². The number of hydrogen-bond acceptors (Lipinski definition) is 3. The van der Waals surface area contributed by atoms with Crippen molar-refractivity contribution in [1.29, 1.82) is 0 Å². The Morgan fingerprint density at radius 2 is 2.07 bits per heavy atom. The minimum atomic E-state index is 0.456. The SMILES string of the molecule is Nc1cn[c]nc1-c1ccc(Cl)cc1Cl. The summed E-state index contributed by atoms with van der Waals surface area (Å²) >= 11 is 11.8. The molecule has 0 saturated carbocycles. The summed E-state index contributed by atoms with van der Waals surface area (Å²) in [5, 5.41) is 1.07. The number of halogens is 2. The van der Waals surface area contributed by atoms with Crippen LogP contribution in [0.4, 0.5) is 5.69 Å². The average Bonchev–Trinajstić information content (AvgIpc) is 2.20. The predicted molar refractivity (Wildman–Crippen MR) is 60.7 cm³/mol. The molecule has 1 aromatic carbocycles. The summed E-state index contributed by atoms with van der Waals surface area (Å²) in [6, 6.07) is 5.13. The summed E-state index contributed by atoms with van der Waals surface area (Å²) in [6.07, 6.45) is 3.95. The second kappa shape index (κ2) is 4.04. The van der Waals surface area contributed by atoms with E-state index >= 15 is 0 Å². The van der Waals surface area contributed by atoms with Gasteiger partial charge in [-0.25, -0.2) is 9.97 Å². The van der Waals surface area contributed by atoms with Crippen molar-refractivity contribution in [3.8, 4) is 11.3 Å². The molecule has 1 aromatic heterocycles. The Kier molecular flexibility index (Phi) is 2.75. The maximum atomic E-state index is 6.02. The highest BCUT2D eigenvalue weighted by Gasteiger charge is 2.08. The molecular weight excluding hydrogens is 233 g/mol. The van der Waals surface area contributed by atoms with Gasteiger partial charge in [0, 0.05) is 10.6 Å². The molecule has 2 aromatic rings. The molecule has 3 nitrogen and oxygen atoms in total. The van der Waals surface area contributed by atoms with Crippen LogP contribution in [-0.2, 0) is 0 Å². The van der Waals surface area contributed by atoms with E-state index < -0.39 is 0 Å². The van der Waals surface area contributed by atoms with Gasteiger partial charge in [-0.2, -0.15) is 0 Å². The van der Waals surface area contributed by atoms with Crippen molar-refractivity contribution in [3.63, 3.8) is 0 Å². The molecule has 0 fully saturated rings. The molecule has 0 atom stereocenters. The molecule has 5 heteroatoms. The normalized spacial score (nSPS) is 10.3. The van der Waals surface area contributed by atoms with Crippen LogP contribution in [0.5, 0.6) is 0 Å². The number of nitrogens with zero attached hydrogens (tertiary/aromatic N) is 2. The van der Waals surface area contributed by atoms with Gasteiger partial charge in [0.2, 0.25) is 0 Å². The Morgan fingerprint density at radius 3 is 2.73 bits per heavy atom. The van der Waals surface area contributed by atoms with Gasteiger partial charge in [-0.15, -0.1) is 0 Å². The van der Waals surface area contributed by atoms with Crippen molar-refractivity contribution in [2.24, 2.45) is 0 Å². The van der Waals surface area contributed by atoms with Crippen LogP contribution >= 0.6 is 23.2 Å². The molecule has 15 heavy (non-hydrogen) atoms. The first-order chi connectivity index (χ1) is 7.18. The van der Waals surface area contributed by atoms with Crippen molar-refractivity contribution in [2.75, 3.05) is 5.73 Å². The lowest BCUT2D eigenvalue weighted by Crippen LogP contribution is -1.95. The van der Waals surface area contributed by atoms with Crippen LogP contribution in [0.15, 0.2) is 24.4 Å². The van der Waals surface area contributed by atoms with Crippen molar-refractivity contribution < 1.29 is 0 Å². The van der Waals surface area contributed by atoms with Crippen LogP contribution < -0.4 is 5.73 Å². The van der Waals surface area contributed by atoms with Crippen LogP contribution in [0.1, 0.15) is 0 Å². The third-order valence-electron chi connectivity index (χ3n) is 1.88. The van der Waals surface area contributed by atoms with E-state index in [4.69, 9.17) is 28.9 Å². The first-order valence-electron chi connectivity index (χ1n) is 4.12. The highest BCUT2D eigenvalue weighted by Crippen LogP contribution is 2.31. The number of benzene rings is 1. The number of anilines is 1. The van der Waals surface area contributed by atoms with E-state index in [2.05, 4.69) is 16.3 Å². The van der Waals surface area contributed by atoms with E-state index in [1.807, 2.05) is 0 Å². The van der Waals surface area contributed by atoms with Gasteiger partial charge in [0.25, 0.3) is 0 Å². The van der Waals surface area contributed by atoms with E-state index in [1.54, 1.807) is 18.2 Å². The summed E-state index contributed by atoms with van der Waals surface area (Å²) in [4.78, 5) is 7.64. The van der Waals surface area contributed by atoms with Crippen LogP contribution in [0.3, 0.4) is 0 Å². The molecule has 2 N–H and O–H groups in total. The number of nitrogens with two attached hydrogens (primary N) is 1. The fourth-order valence-corrected chi connectivity index (χ4v) is 1.70. The van der Waals surface area contributed by atoms with Gasteiger partial charge < -0.3 is 5.73 Å². The van der Waals surface area contributed by atoms with E-state index in [0.717, 1.165) is 5.56 Å². The number of rotatable bonds is 1. The third kappa shape index (κ3) is 2.03. The molecular formula is C10H6Cl2N3. The predicted octanol–water partition coefficient (Wildman–Crippen LogP) is 2.83. The minimum absolute atomic E-state index is 0.456. The molecule has 0 aliphatic carbocycles. The molecule has 0 saturated heterocycles. The van der Waals surface area contributed by atoms with Crippen molar-refractivity contribution in [2.45, 2.75) is 0 Å². The van der Waals surface area contributed by atoms with Crippen molar-refractivity contribution in [3.05, 3.63) is 40.8 Å². The Bertz CT molecular complexity index is 500. The first kappa shape index (κ1) is 10.2. The highest BCUT2D eigenvalue weighted by atomic mass is 35.5. The Morgan fingerprint density at radius 1 is 1.27 bits per heavy atom. The zero-order valence-corrected chi connectivity index (χ0v) is 9.05. The molecule has 0 unspecified atom stereocenters. The molecule has 0 spiro atoms. The van der Waals surface area contributed by atoms with Crippen LogP contribution in [0, 0.1) is 6.33 Å². The molecule has 1 radical (unpaired) electrons. The topological polar surface area (TPSA) is 51.8 Å². The van der Waals surface area contributed by atoms with Gasteiger partial charge >= 0.3 is 0 Å². The fourth-order valence-electron chi connectivity index (χ4n) is 1.20. The van der Waals surface area contributed by atoms with E-state index in [0.29, 0.717) is 21.4 Å². The minimum Gasteiger partial charge on any atom is -0.396 e. The fraction of sp³-hybridized carbons (Fsp3) is 0. The number of aromatic nitrogens is 2. The largest absolute Gasteiger partial charge is 0.396 e. The Labute approximate surface area is 96.9 Å². The molecule has 1 heterocycles. The summed E-state index contributed by atoms with van der Waals surface area (Å²) < 4.78 is 0. The van der Waals surface area contributed by atoms with Gasteiger partial charge in [-0.1, -0.05) is 23.2 Å². The lowest BCUT2D eigenvalue weighted by atomic mass is 10.1. The molecule has 0 aliphatic rings. The van der Waals surface area contributed by atoms with Gasteiger partial charge in [-0.05, 0) is 18.2 Å². The van der Waals surface area contributed by atoms with Crippen LogP contribution in [0.2, 0.25) is 10.0 Å². The Balaban J connectivity index is 2.60. The second-order valence-electron chi connectivity index (χ2n) is 2.90. The summed E-state index contributed by atoms with van der Waals surface area (Å²) in [6.45, 7) is 0. The van der Waals surface area contributed by atoms with E-state index in [-0.39, 0.29) is 0 Å². The summed E-state index contributed by atoms with van der Waals surface area (Å²) in [5.74, 6) is 0. The lowest BCUT2D eigenvalue weighted by molar-refractivity contribution is 1.16. The molecule has 0 amide bonds. The standard InChI is InChI=1S/C10H6Cl2N3/c11-6-1-2-7(8(12)3-6)10-9(13)4-14-5-15-10/h1-4H,13H2. The summed E-state index contributed by atoms with van der Waals surface area (Å²) in [5.41, 5.74) is 7.46. The smallest absolute Gasteiger partial charge is 0.198 e. The quantitative estimate of drug-likeness (QED) is 0.832. The molecule has 0 bridgehead atoms. The van der Waals surface area contributed by atoms with Gasteiger partial charge in [0.15, 0.2) is 6.33 Å². The molecule has 75 valence electrons. The van der Waals surface area contributed by atoms with Gasteiger partial charge in [0.1, 0.15) is 0 Å². The summed E-state index contributed by atoms with van der Waals surface area (Å²) in [7, 11) is 0. The third-order valence-corrected chi connectivity index (χ3v) is 2.43. The molecule has 2 rings (SSSR count). The highest BCUT2D eigenvalue weighted by molar-refractivity contribution is 6.36. The number of nitrogen functional groups attached to an aromatic ring is 1. The van der Waals surface area contributed by atoms with Crippen LogP contribution in [0.25, 0.3) is 11.3 Å². The average molecular weight is 239 g/mol. The lowest BCUT2D eigenvalue weighted by Gasteiger charge is -2.05. The monoisotopic (exact) mass is 238 g/mol. The van der Waals surface area contributed by atoms with Gasteiger partial charge in [0.05, 0.1) is 22.6 Å². The molecule has 0 aliphatic heterocycles. The maximum Gasteiger partial charge on any atom is 0.198 e. The second-order valence-corrected chi connectivity index (χ2v) is 3.74. The van der Waals surface area contributed by atoms with Crippen molar-refractivity contribution >= 4 is 28.9 Å². The van der Waals surface area contributed by atoms with Crippen LogP contribution in [-0.4, -0.2) is 9.97 Å². The first-order valence-corrected chi connectivity index (χ1v) is 4.88. The van der Waals surface area contributed by atoms with Crippen molar-refractivity contribution in [1.82, 2.24) is 9.97 Å². The Hall–Kier alpha value is -1.32. The number of hydrogen-bond donors (Lipinski definition) is 1. The zero-order chi connectivity index (χ0) is 10.8. The zero-order valence-electron chi connectivity index (χ0n) is 7.54.